The maximum atomic E-state index is 14.1. The highest BCUT2D eigenvalue weighted by atomic mass is 16.2. The Hall–Kier alpha value is -4.00. The van der Waals surface area contributed by atoms with Gasteiger partial charge in [-0.3, -0.25) is 14.5 Å². The van der Waals surface area contributed by atoms with Gasteiger partial charge in [0.05, 0.1) is 5.52 Å². The number of para-hydroxylation sites is 2. The zero-order valence-electron chi connectivity index (χ0n) is 21.1. The Balaban J connectivity index is 1.78. The first-order chi connectivity index (χ1) is 17.5. The predicted molar refractivity (Wildman–Crippen MR) is 142 cm³/mol. The number of hydrogen-bond acceptors (Lipinski definition) is 4. The minimum Gasteiger partial charge on any atom is -0.354 e. The fourth-order valence-corrected chi connectivity index (χ4v) is 4.33. The molecule has 0 saturated heterocycles. The second kappa shape index (κ2) is 11.6. The van der Waals surface area contributed by atoms with Gasteiger partial charge in [-0.15, -0.1) is 5.10 Å². The van der Waals surface area contributed by atoms with Gasteiger partial charge in [-0.05, 0) is 48.1 Å². The maximum Gasteiger partial charge on any atom is 0.249 e. The van der Waals surface area contributed by atoms with Gasteiger partial charge in [0, 0.05) is 12.2 Å². The van der Waals surface area contributed by atoms with E-state index in [1.165, 1.54) is 0 Å². The third-order valence-corrected chi connectivity index (χ3v) is 6.25. The molecule has 3 aromatic carbocycles. The number of rotatable bonds is 10. The number of nitrogens with zero attached hydrogens (tertiary/aromatic N) is 4. The predicted octanol–water partition coefficient (Wildman–Crippen LogP) is 4.93. The Labute approximate surface area is 212 Å². The van der Waals surface area contributed by atoms with E-state index in [1.807, 2.05) is 85.8 Å². The van der Waals surface area contributed by atoms with E-state index in [0.29, 0.717) is 12.5 Å². The fourth-order valence-electron chi connectivity index (χ4n) is 4.33. The summed E-state index contributed by atoms with van der Waals surface area (Å²) in [5.41, 5.74) is 3.96. The molecule has 0 unspecified atom stereocenters. The van der Waals surface area contributed by atoms with Crippen molar-refractivity contribution in [2.45, 2.75) is 46.2 Å². The smallest absolute Gasteiger partial charge is 0.249 e. The van der Waals surface area contributed by atoms with Crippen molar-refractivity contribution in [2.24, 2.45) is 5.92 Å². The molecule has 7 nitrogen and oxygen atoms in total. The van der Waals surface area contributed by atoms with Crippen molar-refractivity contribution in [3.63, 3.8) is 0 Å². The number of anilines is 1. The normalized spacial score (nSPS) is 12.0. The van der Waals surface area contributed by atoms with Crippen molar-refractivity contribution in [2.75, 3.05) is 11.4 Å². The van der Waals surface area contributed by atoms with Gasteiger partial charge in [0.15, 0.2) is 0 Å². The van der Waals surface area contributed by atoms with Crippen molar-refractivity contribution in [3.8, 4) is 0 Å². The molecule has 0 aliphatic rings. The molecule has 0 aliphatic heterocycles. The molecule has 2 amide bonds. The molecule has 4 aromatic rings. The second-order valence-corrected chi connectivity index (χ2v) is 9.27. The molecule has 0 bridgehead atoms. The minimum atomic E-state index is -0.826. The standard InChI is InChI=1S/C29H33N5O2/c1-4-22-12-8-10-16-25(22)34(27(35)20-33-26-17-11-9-15-24(26)31-32-33)28(23-13-6-5-7-14-23)29(36)30-19-18-21(2)3/h5-17,21,28H,4,18-20H2,1-3H3,(H,30,36)/t28-/m0/s1. The van der Waals surface area contributed by atoms with Gasteiger partial charge in [0.1, 0.15) is 18.1 Å². The average Bonchev–Trinajstić information content (AvgIpc) is 3.30. The quantitative estimate of drug-likeness (QED) is 0.347. The number of carbonyl (C=O) groups is 2. The molecule has 1 heterocycles. The van der Waals surface area contributed by atoms with E-state index in [1.54, 1.807) is 9.58 Å². The van der Waals surface area contributed by atoms with E-state index in [4.69, 9.17) is 0 Å². The lowest BCUT2D eigenvalue weighted by Gasteiger charge is -2.33. The van der Waals surface area contributed by atoms with Crippen molar-refractivity contribution in [1.29, 1.82) is 0 Å². The zero-order chi connectivity index (χ0) is 25.5. The summed E-state index contributed by atoms with van der Waals surface area (Å²) in [4.78, 5) is 29.4. The molecular formula is C29H33N5O2. The van der Waals surface area contributed by atoms with E-state index in [-0.39, 0.29) is 18.4 Å². The van der Waals surface area contributed by atoms with E-state index in [9.17, 15) is 9.59 Å². The van der Waals surface area contributed by atoms with Crippen LogP contribution in [0, 0.1) is 5.92 Å². The lowest BCUT2D eigenvalue weighted by molar-refractivity contribution is -0.127. The molecule has 36 heavy (non-hydrogen) atoms. The molecule has 1 aromatic heterocycles. The first kappa shape index (κ1) is 25.1. The van der Waals surface area contributed by atoms with Crippen LogP contribution in [0.25, 0.3) is 11.0 Å². The SMILES string of the molecule is CCc1ccccc1N(C(=O)Cn1nnc2ccccc21)[C@H](C(=O)NCCC(C)C)c1ccccc1. The number of nitrogens with one attached hydrogen (secondary N) is 1. The van der Waals surface area contributed by atoms with Crippen LogP contribution in [0.15, 0.2) is 78.9 Å². The first-order valence-corrected chi connectivity index (χ1v) is 12.5. The van der Waals surface area contributed by atoms with E-state index in [0.717, 1.165) is 40.7 Å². The molecule has 1 N–H and O–H groups in total. The molecule has 186 valence electrons. The molecule has 0 aliphatic carbocycles. The van der Waals surface area contributed by atoms with Gasteiger partial charge in [-0.2, -0.15) is 0 Å². The van der Waals surface area contributed by atoms with Crippen LogP contribution in [-0.2, 0) is 22.6 Å². The number of benzene rings is 3. The number of aromatic nitrogens is 3. The molecule has 0 spiro atoms. The minimum absolute atomic E-state index is 0.0405. The van der Waals surface area contributed by atoms with Crippen LogP contribution in [0.2, 0.25) is 0 Å². The second-order valence-electron chi connectivity index (χ2n) is 9.27. The summed E-state index contributed by atoms with van der Waals surface area (Å²) in [6, 6.07) is 24.0. The summed E-state index contributed by atoms with van der Waals surface area (Å²) in [5, 5.41) is 11.5. The summed E-state index contributed by atoms with van der Waals surface area (Å²) in [7, 11) is 0. The monoisotopic (exact) mass is 483 g/mol. The van der Waals surface area contributed by atoms with Crippen LogP contribution in [0.3, 0.4) is 0 Å². The van der Waals surface area contributed by atoms with Gasteiger partial charge in [-0.1, -0.05) is 86.6 Å². The van der Waals surface area contributed by atoms with Gasteiger partial charge < -0.3 is 5.32 Å². The zero-order valence-corrected chi connectivity index (χ0v) is 21.1. The van der Waals surface area contributed by atoms with Crippen LogP contribution in [0.1, 0.15) is 44.4 Å². The maximum absolute atomic E-state index is 14.1. The van der Waals surface area contributed by atoms with Crippen molar-refractivity contribution in [1.82, 2.24) is 20.3 Å². The number of aryl methyl sites for hydroxylation is 1. The fraction of sp³-hybridized carbons (Fsp3) is 0.310. The number of fused-ring (bicyclic) bond motifs is 1. The largest absolute Gasteiger partial charge is 0.354 e. The highest BCUT2D eigenvalue weighted by Gasteiger charge is 2.34. The lowest BCUT2D eigenvalue weighted by atomic mass is 10.0. The summed E-state index contributed by atoms with van der Waals surface area (Å²) in [6.07, 6.45) is 1.58. The van der Waals surface area contributed by atoms with E-state index < -0.39 is 6.04 Å². The Morgan fingerprint density at radius 2 is 1.64 bits per heavy atom. The molecule has 0 saturated carbocycles. The van der Waals surface area contributed by atoms with Crippen LogP contribution in [0.4, 0.5) is 5.69 Å². The molecule has 1 atom stereocenters. The highest BCUT2D eigenvalue weighted by molar-refractivity contribution is 6.02. The highest BCUT2D eigenvalue weighted by Crippen LogP contribution is 2.31. The molecular weight excluding hydrogens is 450 g/mol. The summed E-state index contributed by atoms with van der Waals surface area (Å²) < 4.78 is 1.60. The lowest BCUT2D eigenvalue weighted by Crippen LogP contribution is -2.46. The molecule has 7 heteroatoms. The van der Waals surface area contributed by atoms with Crippen LogP contribution in [-0.4, -0.2) is 33.4 Å². The summed E-state index contributed by atoms with van der Waals surface area (Å²) in [5.74, 6) is 0.0172. The van der Waals surface area contributed by atoms with Crippen LogP contribution < -0.4 is 10.2 Å². The van der Waals surface area contributed by atoms with Gasteiger partial charge in [0.2, 0.25) is 11.8 Å². The Morgan fingerprint density at radius 1 is 0.944 bits per heavy atom. The van der Waals surface area contributed by atoms with Crippen LogP contribution >= 0.6 is 0 Å². The van der Waals surface area contributed by atoms with Gasteiger partial charge in [0.25, 0.3) is 0 Å². The topological polar surface area (TPSA) is 80.1 Å². The third-order valence-electron chi connectivity index (χ3n) is 6.25. The van der Waals surface area contributed by atoms with Crippen LogP contribution in [0.5, 0.6) is 0 Å². The van der Waals surface area contributed by atoms with E-state index in [2.05, 4.69) is 29.5 Å². The van der Waals surface area contributed by atoms with E-state index >= 15 is 0 Å². The summed E-state index contributed by atoms with van der Waals surface area (Å²) >= 11 is 0. The third kappa shape index (κ3) is 5.62. The van der Waals surface area contributed by atoms with Crippen molar-refractivity contribution < 1.29 is 9.59 Å². The van der Waals surface area contributed by atoms with Crippen molar-refractivity contribution >= 4 is 28.5 Å². The Bertz CT molecular complexity index is 1320. The molecule has 4 rings (SSSR count). The first-order valence-electron chi connectivity index (χ1n) is 12.5. The average molecular weight is 484 g/mol. The summed E-state index contributed by atoms with van der Waals surface area (Å²) in [6.45, 7) is 6.80. The number of hydrogen-bond donors (Lipinski definition) is 1. The van der Waals surface area contributed by atoms with Gasteiger partial charge in [-0.25, -0.2) is 4.68 Å². The Kier molecular flexibility index (Phi) is 8.10. The molecule has 0 radical (unpaired) electrons. The van der Waals surface area contributed by atoms with Crippen molar-refractivity contribution in [3.05, 3.63) is 90.0 Å². The Morgan fingerprint density at radius 3 is 2.39 bits per heavy atom. The number of carbonyl (C=O) groups excluding carboxylic acids is 2. The number of amides is 2. The molecule has 0 fully saturated rings. The van der Waals surface area contributed by atoms with Gasteiger partial charge >= 0.3 is 0 Å².